The van der Waals surface area contributed by atoms with Gasteiger partial charge in [0.15, 0.2) is 17.4 Å². The maximum absolute atomic E-state index is 13.4. The fourth-order valence-corrected chi connectivity index (χ4v) is 4.29. The number of ether oxygens (including phenoxy) is 6. The largest absolute Gasteiger partial charge is 0.514 e. The van der Waals surface area contributed by atoms with Crippen molar-refractivity contribution < 1.29 is 57.2 Å². The number of carbonyl (C=O) groups excluding carboxylic acids is 6. The van der Waals surface area contributed by atoms with Crippen molar-refractivity contribution in [3.63, 3.8) is 0 Å². The van der Waals surface area contributed by atoms with E-state index in [4.69, 9.17) is 28.4 Å². The molecule has 0 aromatic heterocycles. The third kappa shape index (κ3) is 11.2. The molecule has 2 rings (SSSR count). The number of fused-ring (bicyclic) bond motifs is 1. The van der Waals surface area contributed by atoms with E-state index in [0.29, 0.717) is 4.90 Å². The number of hydrogen-bond acceptors (Lipinski definition) is 12. The van der Waals surface area contributed by atoms with Gasteiger partial charge in [0.25, 0.3) is 0 Å². The summed E-state index contributed by atoms with van der Waals surface area (Å²) in [6.07, 6.45) is -2.39. The molecule has 264 valence electrons. The van der Waals surface area contributed by atoms with Crippen molar-refractivity contribution in [3.05, 3.63) is 29.8 Å². The fraction of sp³-hybridized carbons (Fsp3) is 0.543. The Labute approximate surface area is 281 Å². The first-order valence-electron chi connectivity index (χ1n) is 15.3. The summed E-state index contributed by atoms with van der Waals surface area (Å²) in [7, 11) is 0. The standard InChI is InChI=1S/C35H47NO12/c1-19(37)36(20(2)38)25-26(43-30(41)47-34(9,10)11)22-17-15-21(16-18-23(22)27(25)44-31(42)48-35(12,13)14)24(28(39)45-32(3,4)5)29(40)46-33(6,7)8/h15-18,24H,1-14H3. The average Bonchev–Trinajstić information content (AvgIpc) is 2.94. The van der Waals surface area contributed by atoms with Crippen LogP contribution in [0.2, 0.25) is 0 Å². The maximum atomic E-state index is 13.4. The van der Waals surface area contributed by atoms with Crippen molar-refractivity contribution in [2.75, 3.05) is 4.90 Å². The molecule has 2 amide bonds. The highest BCUT2D eigenvalue weighted by Crippen LogP contribution is 2.54. The Balaban J connectivity index is 3.04. The first-order chi connectivity index (χ1) is 21.6. The minimum Gasteiger partial charge on any atom is -0.459 e. The molecule has 13 nitrogen and oxygen atoms in total. The van der Waals surface area contributed by atoms with Gasteiger partial charge in [0, 0.05) is 25.0 Å². The molecule has 0 aromatic rings. The van der Waals surface area contributed by atoms with Gasteiger partial charge in [-0.05, 0) is 88.6 Å². The zero-order chi connectivity index (χ0) is 37.2. The molecule has 0 aliphatic heterocycles. The predicted octanol–water partition coefficient (Wildman–Crippen LogP) is 7.09. The van der Waals surface area contributed by atoms with Gasteiger partial charge in [0.2, 0.25) is 11.8 Å². The van der Waals surface area contributed by atoms with Crippen LogP contribution in [0.5, 0.6) is 11.5 Å². The number of esters is 2. The fourth-order valence-electron chi connectivity index (χ4n) is 4.29. The van der Waals surface area contributed by atoms with Gasteiger partial charge in [-0.3, -0.25) is 19.2 Å². The molecule has 0 bridgehead atoms. The number of nitrogens with zero attached hydrogens (tertiary/aromatic N) is 1. The van der Waals surface area contributed by atoms with Crippen LogP contribution in [0, 0.1) is 0 Å². The molecule has 2 aliphatic rings. The predicted molar refractivity (Wildman–Crippen MR) is 175 cm³/mol. The number of anilines is 1. The van der Waals surface area contributed by atoms with Gasteiger partial charge in [-0.2, -0.15) is 0 Å². The van der Waals surface area contributed by atoms with E-state index >= 15 is 0 Å². The van der Waals surface area contributed by atoms with E-state index in [1.54, 1.807) is 83.1 Å². The topological polar surface area (TPSA) is 161 Å². The normalized spacial score (nSPS) is 12.2. The summed E-state index contributed by atoms with van der Waals surface area (Å²) in [5, 5.41) is 0. The van der Waals surface area contributed by atoms with Gasteiger partial charge in [-0.25, -0.2) is 14.5 Å². The van der Waals surface area contributed by atoms with Gasteiger partial charge in [-0.15, -0.1) is 0 Å². The highest BCUT2D eigenvalue weighted by atomic mass is 16.7. The lowest BCUT2D eigenvalue weighted by molar-refractivity contribution is -0.169. The van der Waals surface area contributed by atoms with E-state index in [1.807, 2.05) is 0 Å². The minimum absolute atomic E-state index is 0.0419. The molecule has 0 unspecified atom stereocenters. The zero-order valence-electron chi connectivity index (χ0n) is 30.2. The van der Waals surface area contributed by atoms with Gasteiger partial charge < -0.3 is 28.4 Å². The van der Waals surface area contributed by atoms with Crippen LogP contribution in [-0.4, -0.2) is 58.5 Å². The van der Waals surface area contributed by atoms with Crippen molar-refractivity contribution in [3.8, 4) is 22.6 Å². The number of amides is 2. The Hall–Kier alpha value is -4.68. The maximum Gasteiger partial charge on any atom is 0.514 e. The molecule has 0 spiro atoms. The Morgan fingerprint density at radius 2 is 0.833 bits per heavy atom. The lowest BCUT2D eigenvalue weighted by atomic mass is 10.00. The molecule has 2 aliphatic carbocycles. The first kappa shape index (κ1) is 39.5. The Morgan fingerprint density at radius 1 is 0.521 bits per heavy atom. The Morgan fingerprint density at radius 3 is 1.10 bits per heavy atom. The molecular formula is C35H47NO12. The average molecular weight is 674 g/mol. The first-order valence-corrected chi connectivity index (χ1v) is 15.3. The highest BCUT2D eigenvalue weighted by Gasteiger charge is 2.39. The van der Waals surface area contributed by atoms with Crippen LogP contribution >= 0.6 is 0 Å². The molecule has 13 heteroatoms. The van der Waals surface area contributed by atoms with Gasteiger partial charge in [0.05, 0.1) is 0 Å². The Kier molecular flexibility index (Phi) is 11.7. The van der Waals surface area contributed by atoms with Crippen LogP contribution in [0.15, 0.2) is 24.3 Å². The van der Waals surface area contributed by atoms with Crippen molar-refractivity contribution in [1.29, 1.82) is 0 Å². The van der Waals surface area contributed by atoms with Gasteiger partial charge >= 0.3 is 24.2 Å². The summed E-state index contributed by atoms with van der Waals surface area (Å²) in [6, 6.07) is 5.51. The van der Waals surface area contributed by atoms with E-state index in [1.165, 1.54) is 24.3 Å². The number of hydrogen-bond donors (Lipinski definition) is 0. The second kappa shape index (κ2) is 14.2. The SMILES string of the molecule is CC(=O)N(C(C)=O)c1c(OC(=O)OC(C)(C)C)c2ccc(C(C(=O)OC(C)(C)C)C(=O)OC(C)(C)C)ccc-2c1OC(=O)OC(C)(C)C. The Bertz CT molecular complexity index is 1440. The molecule has 48 heavy (non-hydrogen) atoms. The molecule has 0 N–H and O–H groups in total. The van der Waals surface area contributed by atoms with Crippen molar-refractivity contribution in [1.82, 2.24) is 0 Å². The molecule has 0 fully saturated rings. The third-order valence-electron chi connectivity index (χ3n) is 5.72. The second-order valence-corrected chi connectivity index (χ2v) is 15.0. The number of imide groups is 1. The lowest BCUT2D eigenvalue weighted by Gasteiger charge is -2.26. The number of carbonyl (C=O) groups is 6. The zero-order valence-corrected chi connectivity index (χ0v) is 30.2. The van der Waals surface area contributed by atoms with E-state index in [2.05, 4.69) is 0 Å². The van der Waals surface area contributed by atoms with E-state index < -0.39 is 64.4 Å². The lowest BCUT2D eigenvalue weighted by Crippen LogP contribution is -2.35. The summed E-state index contributed by atoms with van der Waals surface area (Å²) < 4.78 is 33.0. The summed E-state index contributed by atoms with van der Waals surface area (Å²) >= 11 is 0. The summed E-state index contributed by atoms with van der Waals surface area (Å²) in [5.74, 6) is -5.68. The van der Waals surface area contributed by atoms with Crippen LogP contribution in [0.25, 0.3) is 11.1 Å². The van der Waals surface area contributed by atoms with Crippen molar-refractivity contribution >= 4 is 41.8 Å². The van der Waals surface area contributed by atoms with Crippen LogP contribution in [0.3, 0.4) is 0 Å². The molecular weight excluding hydrogens is 626 g/mol. The van der Waals surface area contributed by atoms with Crippen molar-refractivity contribution in [2.24, 2.45) is 0 Å². The number of rotatable bonds is 6. The quantitative estimate of drug-likeness (QED) is 0.174. The second-order valence-electron chi connectivity index (χ2n) is 15.0. The van der Waals surface area contributed by atoms with Crippen LogP contribution in [0.1, 0.15) is 108 Å². The molecule has 0 saturated heterocycles. The van der Waals surface area contributed by atoms with E-state index in [-0.39, 0.29) is 33.9 Å². The van der Waals surface area contributed by atoms with Crippen molar-refractivity contribution in [2.45, 2.75) is 125 Å². The monoisotopic (exact) mass is 673 g/mol. The van der Waals surface area contributed by atoms with Gasteiger partial charge in [0.1, 0.15) is 28.1 Å². The van der Waals surface area contributed by atoms with E-state index in [9.17, 15) is 28.8 Å². The molecule has 0 heterocycles. The summed E-state index contributed by atoms with van der Waals surface area (Å²) in [5.41, 5.74) is -4.08. The van der Waals surface area contributed by atoms with Crippen LogP contribution in [0.4, 0.5) is 15.3 Å². The van der Waals surface area contributed by atoms with E-state index in [0.717, 1.165) is 13.8 Å². The summed E-state index contributed by atoms with van der Waals surface area (Å²) in [6.45, 7) is 21.7. The molecule has 0 atom stereocenters. The molecule has 0 aromatic carbocycles. The van der Waals surface area contributed by atoms with Gasteiger partial charge in [-0.1, -0.05) is 24.3 Å². The van der Waals surface area contributed by atoms with Crippen LogP contribution in [-0.2, 0) is 38.1 Å². The smallest absolute Gasteiger partial charge is 0.459 e. The minimum atomic E-state index is -1.56. The van der Waals surface area contributed by atoms with Crippen LogP contribution < -0.4 is 14.4 Å². The highest BCUT2D eigenvalue weighted by molar-refractivity contribution is 6.18. The molecule has 0 radical (unpaired) electrons. The summed E-state index contributed by atoms with van der Waals surface area (Å²) in [4.78, 5) is 79.2. The molecule has 0 saturated carbocycles. The third-order valence-corrected chi connectivity index (χ3v) is 5.72.